The van der Waals surface area contributed by atoms with Gasteiger partial charge in [0.1, 0.15) is 11.4 Å². The Hall–Kier alpha value is -11.7. The van der Waals surface area contributed by atoms with E-state index in [0.29, 0.717) is 23.5 Å². The van der Waals surface area contributed by atoms with Gasteiger partial charge in [-0.1, -0.05) is 188 Å². The van der Waals surface area contributed by atoms with Crippen LogP contribution in [0.1, 0.15) is 106 Å². The number of anilines is 9. The minimum Gasteiger partial charge on any atom is -0.420 e. The molecule has 15 aromatic rings. The molecule has 10 aromatic carbocycles. The zero-order valence-electron chi connectivity index (χ0n) is 65.0. The summed E-state index contributed by atoms with van der Waals surface area (Å²) in [5.41, 5.74) is 22.9. The number of para-hydroxylation sites is 7. The molecular formula is C98H80N12O2Pt3+2. The van der Waals surface area contributed by atoms with Gasteiger partial charge in [-0.05, 0) is 112 Å². The van der Waals surface area contributed by atoms with Gasteiger partial charge in [0.05, 0.1) is 12.0 Å². The molecule has 0 spiro atoms. The second-order valence-corrected chi connectivity index (χ2v) is 30.1. The van der Waals surface area contributed by atoms with E-state index < -0.39 is 0 Å². The summed E-state index contributed by atoms with van der Waals surface area (Å²) in [5, 5.41) is 4.60. The van der Waals surface area contributed by atoms with Crippen molar-refractivity contribution < 1.29 is 81.8 Å². The number of rotatable bonds is 13. The number of aromatic nitrogens is 7. The average molecular weight is 2040 g/mol. The van der Waals surface area contributed by atoms with Gasteiger partial charge in [-0.2, -0.15) is 84.9 Å². The number of aryl methyl sites for hydroxylation is 2. The molecule has 14 nitrogen and oxygen atoms in total. The fourth-order valence-corrected chi connectivity index (χ4v) is 15.7. The van der Waals surface area contributed by atoms with Crippen molar-refractivity contribution in [3.05, 3.63) is 391 Å². The van der Waals surface area contributed by atoms with Gasteiger partial charge in [0, 0.05) is 79.6 Å². The molecule has 0 saturated carbocycles. The molecule has 0 unspecified atom stereocenters. The zero-order chi connectivity index (χ0) is 76.9. The molecule has 4 aliphatic heterocycles. The molecule has 5 aromatic heterocycles. The Morgan fingerprint density at radius 1 is 0.409 bits per heavy atom. The van der Waals surface area contributed by atoms with Crippen LogP contribution in [0.4, 0.5) is 56.9 Å². The smallest absolute Gasteiger partial charge is 0.420 e. The molecule has 0 atom stereocenters. The predicted octanol–water partition coefficient (Wildman–Crippen LogP) is 22.9. The topological polar surface area (TPSA) is 109 Å². The Labute approximate surface area is 716 Å². The molecule has 0 amide bonds. The van der Waals surface area contributed by atoms with Gasteiger partial charge in [-0.25, -0.2) is 15.0 Å². The fourth-order valence-electron chi connectivity index (χ4n) is 15.7. The number of hydrogen-bond acceptors (Lipinski definition) is 10. The molecule has 17 heteroatoms. The van der Waals surface area contributed by atoms with E-state index in [9.17, 15) is 0 Å². The van der Waals surface area contributed by atoms with Crippen LogP contribution in [0.15, 0.2) is 304 Å². The Kier molecular flexibility index (Phi) is 22.9. The Morgan fingerprint density at radius 3 is 1.37 bits per heavy atom. The van der Waals surface area contributed by atoms with E-state index in [-0.39, 0.29) is 85.0 Å². The largest absolute Gasteiger partial charge is 2.00 e. The molecule has 0 bridgehead atoms. The van der Waals surface area contributed by atoms with Crippen LogP contribution in [0.25, 0.3) is 22.8 Å². The summed E-state index contributed by atoms with van der Waals surface area (Å²) in [6, 6.07) is 113. The van der Waals surface area contributed by atoms with Crippen LogP contribution in [-0.2, 0) is 85.0 Å². The second-order valence-electron chi connectivity index (χ2n) is 30.1. The van der Waals surface area contributed by atoms with Crippen molar-refractivity contribution in [3.63, 3.8) is 0 Å². The number of pyridine rings is 3. The first-order chi connectivity index (χ1) is 54.4. The molecule has 0 fully saturated rings. The summed E-state index contributed by atoms with van der Waals surface area (Å²) >= 11 is 0. The summed E-state index contributed by atoms with van der Waals surface area (Å²) in [4.78, 5) is 24.9. The van der Waals surface area contributed by atoms with Crippen LogP contribution in [0.3, 0.4) is 0 Å². The van der Waals surface area contributed by atoms with Gasteiger partial charge in [0.25, 0.3) is 6.20 Å². The average Bonchev–Trinajstić information content (AvgIpc) is 1.39. The number of imidazole rings is 1. The van der Waals surface area contributed by atoms with Crippen molar-refractivity contribution >= 4 is 62.9 Å². The van der Waals surface area contributed by atoms with Crippen molar-refractivity contribution in [2.45, 2.75) is 91.0 Å². The van der Waals surface area contributed by atoms with Crippen molar-refractivity contribution in [3.8, 4) is 46.3 Å². The van der Waals surface area contributed by atoms with E-state index in [1.165, 1.54) is 33.4 Å². The van der Waals surface area contributed by atoms with E-state index in [1.807, 2.05) is 133 Å². The molecular weight excluding hydrogens is 1960 g/mol. The third-order valence-corrected chi connectivity index (χ3v) is 21.5. The third-order valence-electron chi connectivity index (χ3n) is 21.5. The van der Waals surface area contributed by atoms with Gasteiger partial charge in [0.15, 0.2) is 0 Å². The normalized spacial score (nSPS) is 13.9. The third kappa shape index (κ3) is 15.2. The van der Waals surface area contributed by atoms with Crippen LogP contribution in [0.2, 0.25) is 0 Å². The van der Waals surface area contributed by atoms with Gasteiger partial charge < -0.3 is 28.7 Å². The monoisotopic (exact) mass is 2040 g/mol. The van der Waals surface area contributed by atoms with Crippen LogP contribution in [0, 0.1) is 50.2 Å². The van der Waals surface area contributed by atoms with E-state index in [4.69, 9.17) is 14.5 Å². The predicted molar refractivity (Wildman–Crippen MR) is 442 cm³/mol. The van der Waals surface area contributed by atoms with E-state index in [0.717, 1.165) is 96.5 Å². The second kappa shape index (κ2) is 33.0. The summed E-state index contributed by atoms with van der Waals surface area (Å²) in [6.07, 6.45) is 13.1. The molecule has 115 heavy (non-hydrogen) atoms. The Morgan fingerprint density at radius 2 is 0.870 bits per heavy atom. The first kappa shape index (κ1) is 79.9. The van der Waals surface area contributed by atoms with Gasteiger partial charge in [-0.15, -0.1) is 70.3 Å². The molecule has 0 saturated heterocycles. The number of hydrogen-bond donors (Lipinski definition) is 0. The maximum absolute atomic E-state index is 6.13. The molecule has 0 radical (unpaired) electrons. The van der Waals surface area contributed by atoms with Gasteiger partial charge >= 0.3 is 69.2 Å². The first-order valence-electron chi connectivity index (χ1n) is 37.5. The van der Waals surface area contributed by atoms with E-state index in [2.05, 4.69) is 313 Å². The maximum Gasteiger partial charge on any atom is 2.00 e. The first-order valence-corrected chi connectivity index (χ1v) is 37.5. The number of nitrogens with zero attached hydrogens (tertiary/aromatic N) is 12. The number of benzene rings is 10. The fraction of sp³-hybridized carbons (Fsp3) is 0.143. The summed E-state index contributed by atoms with van der Waals surface area (Å²) in [7, 11) is 0. The van der Waals surface area contributed by atoms with Crippen LogP contribution in [0.5, 0.6) is 23.5 Å². The Balaban J connectivity index is 0.000000141. The number of ether oxygens (including phenoxy) is 2. The minimum atomic E-state index is -0.341. The standard InChI is InChI=1S/C37H30N4O.C32H28N4.C29H22N4O.3Pt/c1-25-13-12-14-26(2)35(25)40-24-34(42-33-19-10-11-22-38-33)39-36(40)27-20-21-30-32(23-27)41(28-15-6-5-7-16-28)31-18-9-8-17-29(31)37(30,3)4;1-31(2)26-14-8-9-15-28(26)36(24-12-6-5-7-13-24)29-22-25(17-18-27(29)31)34-20-21-35(23-34)32(3,4)30-16-10-11-19-33-30;1-29(2)23-12-6-7-13-25(23)33(21-10-4-3-5-11-21)26-20-22(15-16-24(26)29)32-19-17-28(31-32)34-27-14-8-9-18-30-27;;;/h5-15,17-22,24H,1-4H3;5-12,14-21H,1-4H3;3-10,12-19H,1-2H3;;;/q-2;;-2;3*+2. The van der Waals surface area contributed by atoms with Gasteiger partial charge in [0.2, 0.25) is 35.3 Å². The molecule has 0 N–H and O–H groups in total. The quantitative estimate of drug-likeness (QED) is 0.0818. The van der Waals surface area contributed by atoms with Crippen LogP contribution >= 0.6 is 0 Å². The minimum absolute atomic E-state index is 0. The van der Waals surface area contributed by atoms with Crippen LogP contribution < -0.4 is 24.2 Å². The SMILES string of the molecule is CC1(C)c2ccc(-n3ccc(Oc4ccccn4)n3)[c-]c2N(c2[c-]cccc2)c2ccccc21.CC1(C)c2ccc([N+]3=C=[N+](C(C)(C)c4ccccn4)C=C3)[c-]c2N(c2[c-]cccc2)c2ccccc21.Cc1cccc(C)c1-n1cc(Oc2ccccn2)nc1-c1[c-]c2c(cc1)C(C)(C)c1ccccc1N2c1[c-]cccc1.[Pt+2].[Pt+2].[Pt+2]. The summed E-state index contributed by atoms with van der Waals surface area (Å²) < 4.78 is 19.9. The Bertz CT molecular complexity index is 6100. The molecule has 9 heterocycles. The van der Waals surface area contributed by atoms with Crippen molar-refractivity contribution in [1.82, 2.24) is 34.3 Å². The number of fused-ring (bicyclic) bond motifs is 6. The van der Waals surface area contributed by atoms with Crippen molar-refractivity contribution in [2.24, 2.45) is 0 Å². The van der Waals surface area contributed by atoms with Crippen molar-refractivity contribution in [2.75, 3.05) is 14.7 Å². The summed E-state index contributed by atoms with van der Waals surface area (Å²) in [5.74, 6) is 2.69. The van der Waals surface area contributed by atoms with Crippen LogP contribution in [-0.4, -0.2) is 49.4 Å². The maximum atomic E-state index is 6.13. The molecule has 4 aliphatic rings. The molecule has 0 aliphatic carbocycles. The zero-order valence-corrected chi connectivity index (χ0v) is 71.8. The van der Waals surface area contributed by atoms with Gasteiger partial charge in [-0.3, -0.25) is 9.67 Å². The molecule has 572 valence electrons. The van der Waals surface area contributed by atoms with E-state index in [1.54, 1.807) is 23.1 Å². The summed E-state index contributed by atoms with van der Waals surface area (Å²) in [6.45, 7) is 22.2. The van der Waals surface area contributed by atoms with Crippen molar-refractivity contribution in [1.29, 1.82) is 0 Å². The van der Waals surface area contributed by atoms with E-state index >= 15 is 0 Å². The molecule has 19 rings (SSSR count).